The fourth-order valence-electron chi connectivity index (χ4n) is 2.47. The topological polar surface area (TPSA) is 137 Å². The van der Waals surface area contributed by atoms with Crippen LogP contribution in [0.25, 0.3) is 0 Å². The molecule has 3 rings (SSSR count). The summed E-state index contributed by atoms with van der Waals surface area (Å²) in [6.45, 7) is 1.43. The molecular weight excluding hydrogens is 374 g/mol. The molecule has 9 nitrogen and oxygen atoms in total. The van der Waals surface area contributed by atoms with Gasteiger partial charge in [0.2, 0.25) is 5.89 Å². The second kappa shape index (κ2) is 7.68. The summed E-state index contributed by atoms with van der Waals surface area (Å²) in [5.74, 6) is -0.318. The number of nitrogens with two attached hydrogens (primary N) is 1. The minimum Gasteiger partial charge on any atom is -0.388 e. The number of carbonyl (C=O) groups is 1. The Morgan fingerprint density at radius 1 is 1.33 bits per heavy atom. The number of benzene rings is 1. The number of amides is 1. The minimum absolute atomic E-state index is 0.0370. The van der Waals surface area contributed by atoms with E-state index in [1.54, 1.807) is 24.3 Å². The summed E-state index contributed by atoms with van der Waals surface area (Å²) in [6.07, 6.45) is 0.534. The Labute approximate surface area is 158 Å². The zero-order valence-corrected chi connectivity index (χ0v) is 15.1. The van der Waals surface area contributed by atoms with Crippen LogP contribution in [-0.4, -0.2) is 30.7 Å². The van der Waals surface area contributed by atoms with Crippen LogP contribution >= 0.6 is 11.6 Å². The molecule has 1 amide bonds. The molecule has 1 aromatic carbocycles. The van der Waals surface area contributed by atoms with Crippen molar-refractivity contribution < 1.29 is 14.4 Å². The molecule has 1 atom stereocenters. The Morgan fingerprint density at radius 3 is 2.70 bits per heavy atom. The van der Waals surface area contributed by atoms with Crippen LogP contribution in [0.3, 0.4) is 0 Å². The van der Waals surface area contributed by atoms with E-state index in [1.807, 2.05) is 0 Å². The van der Waals surface area contributed by atoms with Crippen molar-refractivity contribution in [3.63, 3.8) is 0 Å². The summed E-state index contributed by atoms with van der Waals surface area (Å²) in [5, 5.41) is 14.6. The molecule has 0 aliphatic rings. The molecule has 0 aliphatic heterocycles. The predicted molar refractivity (Wildman–Crippen MR) is 95.3 cm³/mol. The van der Waals surface area contributed by atoms with Gasteiger partial charge in [0.25, 0.3) is 11.5 Å². The second-order valence-corrected chi connectivity index (χ2v) is 6.32. The fraction of sp³-hybridized carbons (Fsp3) is 0.235. The van der Waals surface area contributed by atoms with Crippen LogP contribution in [0.15, 0.2) is 39.8 Å². The molecule has 0 saturated carbocycles. The second-order valence-electron chi connectivity index (χ2n) is 5.88. The zero-order valence-electron chi connectivity index (χ0n) is 14.3. The maximum Gasteiger partial charge on any atom is 0.272 e. The molecule has 0 bridgehead atoms. The minimum atomic E-state index is -0.833. The lowest BCUT2D eigenvalue weighted by Crippen LogP contribution is -2.27. The molecular formula is C17H16ClN5O4. The Hall–Kier alpha value is -3.04. The van der Waals surface area contributed by atoms with Crippen molar-refractivity contribution in [2.45, 2.75) is 26.0 Å². The lowest BCUT2D eigenvalue weighted by molar-refractivity contribution is 0.0994. The van der Waals surface area contributed by atoms with Gasteiger partial charge in [-0.1, -0.05) is 28.9 Å². The number of halogens is 1. The van der Waals surface area contributed by atoms with Crippen LogP contribution in [0, 0.1) is 6.92 Å². The van der Waals surface area contributed by atoms with Crippen molar-refractivity contribution in [3.8, 4) is 0 Å². The number of nitrogens with zero attached hydrogens (tertiary/aromatic N) is 4. The molecule has 3 N–H and O–H groups in total. The van der Waals surface area contributed by atoms with Crippen molar-refractivity contribution in [1.29, 1.82) is 0 Å². The molecule has 3 aromatic rings. The van der Waals surface area contributed by atoms with E-state index in [9.17, 15) is 14.7 Å². The normalized spacial score (nSPS) is 12.1. The molecule has 10 heteroatoms. The third-order valence-corrected chi connectivity index (χ3v) is 4.09. The van der Waals surface area contributed by atoms with E-state index in [4.69, 9.17) is 21.9 Å². The number of rotatable bonds is 6. The molecule has 2 heterocycles. The molecule has 2 aromatic heterocycles. The molecule has 0 unspecified atom stereocenters. The zero-order chi connectivity index (χ0) is 19.6. The van der Waals surface area contributed by atoms with Crippen LogP contribution in [0.2, 0.25) is 5.02 Å². The van der Waals surface area contributed by atoms with Gasteiger partial charge in [-0.15, -0.1) is 0 Å². The Morgan fingerprint density at radius 2 is 2.04 bits per heavy atom. The van der Waals surface area contributed by atoms with E-state index >= 15 is 0 Å². The monoisotopic (exact) mass is 389 g/mol. The highest BCUT2D eigenvalue weighted by Crippen LogP contribution is 2.19. The van der Waals surface area contributed by atoms with Crippen molar-refractivity contribution >= 4 is 17.5 Å². The van der Waals surface area contributed by atoms with Gasteiger partial charge in [0.1, 0.15) is 17.9 Å². The van der Waals surface area contributed by atoms with Crippen LogP contribution in [0.1, 0.15) is 39.6 Å². The van der Waals surface area contributed by atoms with Gasteiger partial charge in [0.15, 0.2) is 5.82 Å². The number of aliphatic hydroxyl groups is 1. The summed E-state index contributed by atoms with van der Waals surface area (Å²) in [5.41, 5.74) is 5.57. The average molecular weight is 390 g/mol. The number of primary amides is 1. The average Bonchev–Trinajstić information content (AvgIpc) is 3.06. The third-order valence-electron chi connectivity index (χ3n) is 3.84. The highest BCUT2D eigenvalue weighted by atomic mass is 35.5. The van der Waals surface area contributed by atoms with Crippen molar-refractivity contribution in [2.24, 2.45) is 5.73 Å². The van der Waals surface area contributed by atoms with Crippen LogP contribution in [0.4, 0.5) is 0 Å². The number of hydrogen-bond donors (Lipinski definition) is 2. The highest BCUT2D eigenvalue weighted by molar-refractivity contribution is 6.30. The first-order chi connectivity index (χ1) is 12.8. The summed E-state index contributed by atoms with van der Waals surface area (Å²) in [7, 11) is 0. The SMILES string of the molecule is Cc1nc(C(N)=O)cn(Cc2nc(C[C@H](O)c3ccc(Cl)cc3)no2)c1=O. The molecule has 0 radical (unpaired) electrons. The lowest BCUT2D eigenvalue weighted by atomic mass is 10.1. The number of aryl methyl sites for hydroxylation is 1. The number of aromatic nitrogens is 4. The summed E-state index contributed by atoms with van der Waals surface area (Å²) in [6, 6.07) is 6.77. The summed E-state index contributed by atoms with van der Waals surface area (Å²) in [4.78, 5) is 31.5. The molecule has 140 valence electrons. The van der Waals surface area contributed by atoms with E-state index in [2.05, 4.69) is 15.1 Å². The smallest absolute Gasteiger partial charge is 0.272 e. The standard InChI is InChI=1S/C17H16ClN5O4/c1-9-17(26)23(7-12(20-9)16(19)25)8-15-21-14(22-27-15)6-13(24)10-2-4-11(18)5-3-10/h2-5,7,13,24H,6,8H2,1H3,(H2,19,25)/t13-/m0/s1. The quantitative estimate of drug-likeness (QED) is 0.641. The predicted octanol–water partition coefficient (Wildman–Crippen LogP) is 1.01. The van der Waals surface area contributed by atoms with E-state index in [-0.39, 0.29) is 36.1 Å². The number of hydrogen-bond acceptors (Lipinski definition) is 7. The van der Waals surface area contributed by atoms with Crippen LogP contribution in [-0.2, 0) is 13.0 Å². The van der Waals surface area contributed by atoms with E-state index < -0.39 is 17.6 Å². The van der Waals surface area contributed by atoms with Gasteiger partial charge < -0.3 is 19.9 Å². The maximum atomic E-state index is 12.2. The Balaban J connectivity index is 1.76. The molecule has 27 heavy (non-hydrogen) atoms. The molecule has 0 fully saturated rings. The first-order valence-electron chi connectivity index (χ1n) is 7.96. The van der Waals surface area contributed by atoms with Gasteiger partial charge in [0.05, 0.1) is 6.10 Å². The van der Waals surface area contributed by atoms with E-state index in [1.165, 1.54) is 17.7 Å². The third kappa shape index (κ3) is 4.39. The maximum absolute atomic E-state index is 12.2. The van der Waals surface area contributed by atoms with Crippen molar-refractivity contribution in [1.82, 2.24) is 19.7 Å². The fourth-order valence-corrected chi connectivity index (χ4v) is 2.59. The Kier molecular flexibility index (Phi) is 5.33. The first-order valence-corrected chi connectivity index (χ1v) is 8.34. The first kappa shape index (κ1) is 18.7. The summed E-state index contributed by atoms with van der Waals surface area (Å²) >= 11 is 5.83. The summed E-state index contributed by atoms with van der Waals surface area (Å²) < 4.78 is 6.35. The van der Waals surface area contributed by atoms with E-state index in [0.717, 1.165) is 0 Å². The van der Waals surface area contributed by atoms with Gasteiger partial charge in [0, 0.05) is 17.6 Å². The van der Waals surface area contributed by atoms with Gasteiger partial charge in [-0.25, -0.2) is 4.98 Å². The van der Waals surface area contributed by atoms with Crippen molar-refractivity contribution in [3.05, 3.63) is 74.5 Å². The molecule has 0 saturated heterocycles. The van der Waals surface area contributed by atoms with Gasteiger partial charge in [-0.2, -0.15) is 4.98 Å². The van der Waals surface area contributed by atoms with Crippen molar-refractivity contribution in [2.75, 3.05) is 0 Å². The van der Waals surface area contributed by atoms with Gasteiger partial charge >= 0.3 is 0 Å². The largest absolute Gasteiger partial charge is 0.388 e. The molecule has 0 aliphatic carbocycles. The lowest BCUT2D eigenvalue weighted by Gasteiger charge is -2.08. The molecule has 0 spiro atoms. The van der Waals surface area contributed by atoms with Gasteiger partial charge in [-0.05, 0) is 24.6 Å². The van der Waals surface area contributed by atoms with Gasteiger partial charge in [-0.3, -0.25) is 9.59 Å². The van der Waals surface area contributed by atoms with Crippen LogP contribution < -0.4 is 11.3 Å². The highest BCUT2D eigenvalue weighted by Gasteiger charge is 2.16. The van der Waals surface area contributed by atoms with E-state index in [0.29, 0.717) is 10.6 Å². The van der Waals surface area contributed by atoms with Crippen LogP contribution in [0.5, 0.6) is 0 Å². The Bertz CT molecular complexity index is 1030. The number of aliphatic hydroxyl groups excluding tert-OH is 1. The number of carbonyl (C=O) groups excluding carboxylic acids is 1.